The molecule has 3 rings (SSSR count). The van der Waals surface area contributed by atoms with Crippen LogP contribution in [0.3, 0.4) is 0 Å². The monoisotopic (exact) mass is 375 g/mol. The van der Waals surface area contributed by atoms with Crippen molar-refractivity contribution in [3.63, 3.8) is 0 Å². The van der Waals surface area contributed by atoms with Crippen LogP contribution in [-0.4, -0.2) is 65.8 Å². The van der Waals surface area contributed by atoms with Gasteiger partial charge in [0, 0.05) is 31.2 Å². The van der Waals surface area contributed by atoms with Crippen molar-refractivity contribution in [2.45, 2.75) is 18.9 Å². The van der Waals surface area contributed by atoms with Crippen molar-refractivity contribution in [1.82, 2.24) is 14.3 Å². The number of piperidine rings is 1. The zero-order valence-electron chi connectivity index (χ0n) is 15.2. The Morgan fingerprint density at radius 3 is 2.85 bits per heavy atom. The number of anilines is 1. The number of amides is 1. The minimum atomic E-state index is -0.517. The highest BCUT2D eigenvalue weighted by Crippen LogP contribution is 2.27. The SMILES string of the molecule is CSN(C)CCOC1CCN(c2cncc3ccc(C(N)=O)nc23)CC1. The number of hydrogen-bond donors (Lipinski definition) is 1. The molecular formula is C18H25N5O2S. The molecule has 0 saturated carbocycles. The van der Waals surface area contributed by atoms with Crippen molar-refractivity contribution in [3.05, 3.63) is 30.2 Å². The number of carbonyl (C=O) groups is 1. The largest absolute Gasteiger partial charge is 0.377 e. The Bertz CT molecular complexity index is 764. The molecule has 2 aromatic rings. The summed E-state index contributed by atoms with van der Waals surface area (Å²) in [6.07, 6.45) is 7.86. The van der Waals surface area contributed by atoms with Crippen molar-refractivity contribution in [2.24, 2.45) is 5.73 Å². The Labute approximate surface area is 158 Å². The van der Waals surface area contributed by atoms with Gasteiger partial charge in [-0.3, -0.25) is 14.1 Å². The predicted molar refractivity (Wildman–Crippen MR) is 105 cm³/mol. The fraction of sp³-hybridized carbons (Fsp3) is 0.500. The van der Waals surface area contributed by atoms with Crippen LogP contribution in [0, 0.1) is 0 Å². The topological polar surface area (TPSA) is 84.6 Å². The highest BCUT2D eigenvalue weighted by molar-refractivity contribution is 7.96. The number of pyridine rings is 2. The van der Waals surface area contributed by atoms with E-state index in [0.717, 1.165) is 55.7 Å². The fourth-order valence-electron chi connectivity index (χ4n) is 3.10. The number of carbonyl (C=O) groups excluding carboxylic acids is 1. The van der Waals surface area contributed by atoms with Gasteiger partial charge in [0.05, 0.1) is 30.1 Å². The van der Waals surface area contributed by atoms with E-state index in [4.69, 9.17) is 10.5 Å². The van der Waals surface area contributed by atoms with Crippen LogP contribution in [0.5, 0.6) is 0 Å². The first-order valence-electron chi connectivity index (χ1n) is 8.75. The van der Waals surface area contributed by atoms with Crippen molar-refractivity contribution >= 4 is 34.4 Å². The Kier molecular flexibility index (Phi) is 6.29. The summed E-state index contributed by atoms with van der Waals surface area (Å²) in [5, 5.41) is 0.908. The molecule has 7 nitrogen and oxygen atoms in total. The number of nitrogens with two attached hydrogens (primary N) is 1. The molecular weight excluding hydrogens is 350 g/mol. The molecule has 0 radical (unpaired) electrons. The normalized spacial score (nSPS) is 15.7. The van der Waals surface area contributed by atoms with Gasteiger partial charge in [-0.25, -0.2) is 4.98 Å². The van der Waals surface area contributed by atoms with Crippen LogP contribution < -0.4 is 10.6 Å². The first-order chi connectivity index (χ1) is 12.6. The second-order valence-corrected chi connectivity index (χ2v) is 7.37. The van der Waals surface area contributed by atoms with Gasteiger partial charge in [-0.15, -0.1) is 0 Å². The van der Waals surface area contributed by atoms with Gasteiger partial charge in [-0.2, -0.15) is 0 Å². The number of hydrogen-bond acceptors (Lipinski definition) is 7. The molecule has 3 heterocycles. The molecule has 2 N–H and O–H groups in total. The summed E-state index contributed by atoms with van der Waals surface area (Å²) in [7, 11) is 2.07. The molecule has 0 aromatic carbocycles. The smallest absolute Gasteiger partial charge is 0.267 e. The second-order valence-electron chi connectivity index (χ2n) is 6.38. The Morgan fingerprint density at radius 2 is 2.15 bits per heavy atom. The van der Waals surface area contributed by atoms with Crippen LogP contribution in [0.4, 0.5) is 5.69 Å². The molecule has 1 amide bonds. The molecule has 0 unspecified atom stereocenters. The number of fused-ring (bicyclic) bond motifs is 1. The van der Waals surface area contributed by atoms with Crippen LogP contribution >= 0.6 is 11.9 Å². The highest BCUT2D eigenvalue weighted by Gasteiger charge is 2.22. The number of rotatable bonds is 7. The lowest BCUT2D eigenvalue weighted by Gasteiger charge is -2.33. The lowest BCUT2D eigenvalue weighted by Crippen LogP contribution is -2.38. The summed E-state index contributed by atoms with van der Waals surface area (Å²) < 4.78 is 8.17. The van der Waals surface area contributed by atoms with Crippen molar-refractivity contribution in [2.75, 3.05) is 44.4 Å². The Balaban J connectivity index is 1.66. The van der Waals surface area contributed by atoms with E-state index in [0.29, 0.717) is 6.10 Å². The molecule has 1 aliphatic heterocycles. The maximum atomic E-state index is 11.5. The third-order valence-corrected chi connectivity index (χ3v) is 5.49. The molecule has 2 aromatic heterocycles. The van der Waals surface area contributed by atoms with E-state index in [1.807, 2.05) is 12.3 Å². The number of likely N-dealkylation sites (N-methyl/N-ethyl adjacent to an activating group) is 1. The average molecular weight is 375 g/mol. The quantitative estimate of drug-likeness (QED) is 0.740. The minimum absolute atomic E-state index is 0.279. The maximum Gasteiger partial charge on any atom is 0.267 e. The molecule has 0 bridgehead atoms. The van der Waals surface area contributed by atoms with Gasteiger partial charge in [0.1, 0.15) is 5.69 Å². The molecule has 0 spiro atoms. The van der Waals surface area contributed by atoms with Crippen molar-refractivity contribution in [1.29, 1.82) is 0 Å². The van der Waals surface area contributed by atoms with E-state index in [9.17, 15) is 4.79 Å². The van der Waals surface area contributed by atoms with E-state index < -0.39 is 5.91 Å². The van der Waals surface area contributed by atoms with Gasteiger partial charge in [0.25, 0.3) is 5.91 Å². The summed E-state index contributed by atoms with van der Waals surface area (Å²) in [5.74, 6) is -0.517. The standard InChI is InChI=1S/C18H25N5O2S/c1-22(26-2)9-10-25-14-5-7-23(8-6-14)16-12-20-11-13-3-4-15(18(19)24)21-17(13)16/h3-4,11-12,14H,5-10H2,1-2H3,(H2,19,24). The van der Waals surface area contributed by atoms with Crippen LogP contribution in [0.25, 0.3) is 10.9 Å². The van der Waals surface area contributed by atoms with E-state index in [1.54, 1.807) is 24.2 Å². The highest BCUT2D eigenvalue weighted by atomic mass is 32.2. The molecule has 8 heteroatoms. The molecule has 1 aliphatic rings. The third-order valence-electron chi connectivity index (χ3n) is 4.69. The van der Waals surface area contributed by atoms with Gasteiger partial charge in [0.2, 0.25) is 0 Å². The number of aromatic nitrogens is 2. The van der Waals surface area contributed by atoms with Crippen LogP contribution in [0.15, 0.2) is 24.5 Å². The third kappa shape index (κ3) is 4.44. The van der Waals surface area contributed by atoms with Crippen molar-refractivity contribution < 1.29 is 9.53 Å². The summed E-state index contributed by atoms with van der Waals surface area (Å²) in [6, 6.07) is 3.48. The first kappa shape index (κ1) is 18.9. The van der Waals surface area contributed by atoms with Crippen LogP contribution in [-0.2, 0) is 4.74 Å². The maximum absolute atomic E-state index is 11.5. The Hall–Kier alpha value is -1.90. The summed E-state index contributed by atoms with van der Waals surface area (Å²) >= 11 is 1.71. The number of primary amides is 1. The van der Waals surface area contributed by atoms with E-state index in [-0.39, 0.29) is 5.69 Å². The predicted octanol–water partition coefficient (Wildman–Crippen LogP) is 1.92. The van der Waals surface area contributed by atoms with E-state index in [1.165, 1.54) is 0 Å². The van der Waals surface area contributed by atoms with Gasteiger partial charge in [-0.05, 0) is 38.3 Å². The molecule has 26 heavy (non-hydrogen) atoms. The molecule has 1 saturated heterocycles. The van der Waals surface area contributed by atoms with E-state index in [2.05, 4.69) is 32.5 Å². The zero-order chi connectivity index (χ0) is 18.5. The zero-order valence-corrected chi connectivity index (χ0v) is 16.0. The van der Waals surface area contributed by atoms with Crippen LogP contribution in [0.2, 0.25) is 0 Å². The summed E-state index contributed by atoms with van der Waals surface area (Å²) in [5.41, 5.74) is 7.38. The lowest BCUT2D eigenvalue weighted by atomic mass is 10.1. The minimum Gasteiger partial charge on any atom is -0.377 e. The molecule has 0 aliphatic carbocycles. The first-order valence-corrected chi connectivity index (χ1v) is 9.93. The van der Waals surface area contributed by atoms with Crippen LogP contribution in [0.1, 0.15) is 23.3 Å². The van der Waals surface area contributed by atoms with E-state index >= 15 is 0 Å². The fourth-order valence-corrected chi connectivity index (χ4v) is 3.36. The van der Waals surface area contributed by atoms with Gasteiger partial charge in [-0.1, -0.05) is 11.9 Å². The second kappa shape index (κ2) is 8.66. The molecule has 140 valence electrons. The number of ether oxygens (including phenoxy) is 1. The van der Waals surface area contributed by atoms with Gasteiger partial charge < -0.3 is 15.4 Å². The van der Waals surface area contributed by atoms with Gasteiger partial charge in [0.15, 0.2) is 0 Å². The molecule has 1 fully saturated rings. The van der Waals surface area contributed by atoms with Gasteiger partial charge >= 0.3 is 0 Å². The Morgan fingerprint density at radius 1 is 1.38 bits per heavy atom. The molecule has 0 atom stereocenters. The summed E-state index contributed by atoms with van der Waals surface area (Å²) in [4.78, 5) is 22.5. The lowest BCUT2D eigenvalue weighted by molar-refractivity contribution is 0.0345. The average Bonchev–Trinajstić information content (AvgIpc) is 2.67. The number of nitrogens with zero attached hydrogens (tertiary/aromatic N) is 4. The summed E-state index contributed by atoms with van der Waals surface area (Å²) in [6.45, 7) is 3.44. The van der Waals surface area contributed by atoms with Crippen molar-refractivity contribution in [3.8, 4) is 0 Å².